The Kier molecular flexibility index (Phi) is 6.01. The molecule has 8 heteroatoms. The lowest BCUT2D eigenvalue weighted by atomic mass is 10.2. The van der Waals surface area contributed by atoms with Crippen LogP contribution in [0, 0.1) is 0 Å². The number of benzene rings is 2. The minimum Gasteiger partial charge on any atom is -0.491 e. The molecule has 28 heavy (non-hydrogen) atoms. The van der Waals surface area contributed by atoms with Crippen LogP contribution in [0.4, 0.5) is 23.1 Å². The molecule has 0 atom stereocenters. The van der Waals surface area contributed by atoms with Crippen LogP contribution in [0.1, 0.15) is 24.2 Å². The first-order chi connectivity index (χ1) is 13.5. The molecule has 8 nitrogen and oxygen atoms in total. The maximum absolute atomic E-state index is 11.5. The van der Waals surface area contributed by atoms with Gasteiger partial charge in [-0.3, -0.25) is 0 Å². The molecule has 0 radical (unpaired) electrons. The molecular formula is C20H21N5O3. The van der Waals surface area contributed by atoms with Crippen molar-refractivity contribution in [1.82, 2.24) is 15.2 Å². The molecule has 0 fully saturated rings. The van der Waals surface area contributed by atoms with Crippen LogP contribution in [0.25, 0.3) is 0 Å². The number of hydrogen-bond acceptors (Lipinski definition) is 8. The van der Waals surface area contributed by atoms with Crippen molar-refractivity contribution in [2.24, 2.45) is 0 Å². The molecule has 0 saturated heterocycles. The van der Waals surface area contributed by atoms with Gasteiger partial charge in [-0.25, -0.2) is 4.79 Å². The van der Waals surface area contributed by atoms with Gasteiger partial charge < -0.3 is 20.1 Å². The molecule has 0 aliphatic carbocycles. The second-order valence-electron chi connectivity index (χ2n) is 6.18. The van der Waals surface area contributed by atoms with E-state index in [-0.39, 0.29) is 12.1 Å². The van der Waals surface area contributed by atoms with Gasteiger partial charge in [-0.2, -0.15) is 10.1 Å². The van der Waals surface area contributed by atoms with E-state index in [1.807, 2.05) is 38.1 Å². The highest BCUT2D eigenvalue weighted by molar-refractivity contribution is 5.89. The first kappa shape index (κ1) is 19.1. The molecule has 2 N–H and O–H groups in total. The van der Waals surface area contributed by atoms with E-state index in [9.17, 15) is 4.79 Å². The molecule has 144 valence electrons. The van der Waals surface area contributed by atoms with Gasteiger partial charge in [0, 0.05) is 11.4 Å². The summed E-state index contributed by atoms with van der Waals surface area (Å²) in [7, 11) is 1.35. The minimum atomic E-state index is -0.383. The molecule has 2 aromatic carbocycles. The van der Waals surface area contributed by atoms with E-state index in [0.717, 1.165) is 17.1 Å². The van der Waals surface area contributed by atoms with Crippen molar-refractivity contribution in [1.29, 1.82) is 0 Å². The van der Waals surface area contributed by atoms with Gasteiger partial charge in [0.1, 0.15) is 5.75 Å². The second-order valence-corrected chi connectivity index (χ2v) is 6.18. The number of carbonyl (C=O) groups excluding carboxylic acids is 1. The van der Waals surface area contributed by atoms with Crippen molar-refractivity contribution in [3.63, 3.8) is 0 Å². The van der Waals surface area contributed by atoms with Gasteiger partial charge in [-0.15, -0.1) is 5.10 Å². The quantitative estimate of drug-likeness (QED) is 0.596. The number of anilines is 4. The largest absolute Gasteiger partial charge is 0.491 e. The number of aromatic nitrogens is 3. The third-order valence-corrected chi connectivity index (χ3v) is 3.62. The summed E-state index contributed by atoms with van der Waals surface area (Å²) in [6.07, 6.45) is 1.63. The maximum atomic E-state index is 11.5. The van der Waals surface area contributed by atoms with Gasteiger partial charge in [0.2, 0.25) is 5.95 Å². The molecule has 1 heterocycles. The lowest BCUT2D eigenvalue weighted by molar-refractivity contribution is 0.0601. The smallest absolute Gasteiger partial charge is 0.337 e. The molecule has 0 aliphatic rings. The molecular weight excluding hydrogens is 358 g/mol. The Balaban J connectivity index is 1.66. The molecule has 0 amide bonds. The van der Waals surface area contributed by atoms with Crippen LogP contribution < -0.4 is 15.4 Å². The summed E-state index contributed by atoms with van der Waals surface area (Å²) in [5.41, 5.74) is 2.05. The van der Waals surface area contributed by atoms with Crippen molar-refractivity contribution >= 4 is 29.1 Å². The standard InChI is InChI=1S/C20H21N5O3/c1-13(2)28-17-10-8-16(9-11-17)23-20-24-18(12-21-25-20)22-15-6-4-14(5-7-15)19(26)27-3/h4-13H,1-3H3,(H2,22,23,24,25). The molecule has 3 aromatic rings. The number of esters is 1. The van der Waals surface area contributed by atoms with Crippen molar-refractivity contribution in [3.05, 3.63) is 60.3 Å². The van der Waals surface area contributed by atoms with E-state index in [1.54, 1.807) is 24.3 Å². The van der Waals surface area contributed by atoms with Crippen molar-refractivity contribution in [2.75, 3.05) is 17.7 Å². The monoisotopic (exact) mass is 379 g/mol. The fourth-order valence-corrected chi connectivity index (χ4v) is 2.39. The first-order valence-electron chi connectivity index (χ1n) is 8.72. The van der Waals surface area contributed by atoms with E-state index in [0.29, 0.717) is 17.3 Å². The summed E-state index contributed by atoms with van der Waals surface area (Å²) in [6.45, 7) is 3.96. The van der Waals surface area contributed by atoms with Crippen LogP contribution in [0.5, 0.6) is 5.75 Å². The Morgan fingerprint density at radius 3 is 2.25 bits per heavy atom. The highest BCUT2D eigenvalue weighted by Gasteiger charge is 2.06. The first-order valence-corrected chi connectivity index (χ1v) is 8.72. The summed E-state index contributed by atoms with van der Waals surface area (Å²) < 4.78 is 10.3. The fraction of sp³-hybridized carbons (Fsp3) is 0.200. The van der Waals surface area contributed by atoms with Gasteiger partial charge in [-0.05, 0) is 62.4 Å². The topological polar surface area (TPSA) is 98.3 Å². The van der Waals surface area contributed by atoms with Crippen molar-refractivity contribution in [3.8, 4) is 5.75 Å². The zero-order valence-corrected chi connectivity index (χ0v) is 15.8. The van der Waals surface area contributed by atoms with Gasteiger partial charge in [0.25, 0.3) is 0 Å². The van der Waals surface area contributed by atoms with Gasteiger partial charge >= 0.3 is 5.97 Å². The molecule has 0 bridgehead atoms. The predicted octanol–water partition coefficient (Wildman–Crippen LogP) is 3.93. The lowest BCUT2D eigenvalue weighted by Gasteiger charge is -2.11. The van der Waals surface area contributed by atoms with Crippen LogP contribution in [0.15, 0.2) is 54.7 Å². The van der Waals surface area contributed by atoms with E-state index >= 15 is 0 Å². The summed E-state index contributed by atoms with van der Waals surface area (Å²) in [4.78, 5) is 15.9. The normalized spacial score (nSPS) is 10.4. The molecule has 0 spiro atoms. The van der Waals surface area contributed by atoms with Gasteiger partial charge in [0.05, 0.1) is 25.0 Å². The Hall–Kier alpha value is -3.68. The van der Waals surface area contributed by atoms with Gasteiger partial charge in [-0.1, -0.05) is 0 Å². The van der Waals surface area contributed by atoms with Crippen LogP contribution in [-0.4, -0.2) is 34.4 Å². The SMILES string of the molecule is COC(=O)c1ccc(Nc2cnnc(Nc3ccc(OC(C)C)cc3)n2)cc1. The van der Waals surface area contributed by atoms with Crippen LogP contribution in [0.3, 0.4) is 0 Å². The summed E-state index contributed by atoms with van der Waals surface area (Å²) >= 11 is 0. The predicted molar refractivity (Wildman–Crippen MR) is 106 cm³/mol. The molecule has 0 saturated carbocycles. The fourth-order valence-electron chi connectivity index (χ4n) is 2.39. The Bertz CT molecular complexity index is 927. The van der Waals surface area contributed by atoms with E-state index in [2.05, 4.69) is 30.6 Å². The second kappa shape index (κ2) is 8.81. The molecule has 1 aromatic heterocycles. The third-order valence-electron chi connectivity index (χ3n) is 3.62. The Morgan fingerprint density at radius 1 is 0.964 bits per heavy atom. The number of rotatable bonds is 7. The number of nitrogens with one attached hydrogen (secondary N) is 2. The number of nitrogens with zero attached hydrogens (tertiary/aromatic N) is 3. The molecule has 0 unspecified atom stereocenters. The Morgan fingerprint density at radius 2 is 1.61 bits per heavy atom. The minimum absolute atomic E-state index is 0.121. The average Bonchev–Trinajstić information content (AvgIpc) is 2.69. The zero-order chi connectivity index (χ0) is 19.9. The number of methoxy groups -OCH3 is 1. The average molecular weight is 379 g/mol. The number of ether oxygens (including phenoxy) is 2. The van der Waals surface area contributed by atoms with Crippen LogP contribution in [0.2, 0.25) is 0 Å². The van der Waals surface area contributed by atoms with Crippen molar-refractivity contribution in [2.45, 2.75) is 20.0 Å². The van der Waals surface area contributed by atoms with E-state index in [4.69, 9.17) is 4.74 Å². The molecule has 3 rings (SSSR count). The summed E-state index contributed by atoms with van der Waals surface area (Å²) in [5.74, 6) is 1.29. The number of hydrogen-bond donors (Lipinski definition) is 2. The summed E-state index contributed by atoms with van der Waals surface area (Å²) in [5, 5.41) is 14.2. The maximum Gasteiger partial charge on any atom is 0.337 e. The van der Waals surface area contributed by atoms with Crippen LogP contribution >= 0.6 is 0 Å². The lowest BCUT2D eigenvalue weighted by Crippen LogP contribution is -2.05. The summed E-state index contributed by atoms with van der Waals surface area (Å²) in [6, 6.07) is 14.4. The molecule has 0 aliphatic heterocycles. The highest BCUT2D eigenvalue weighted by atomic mass is 16.5. The van der Waals surface area contributed by atoms with E-state index in [1.165, 1.54) is 13.3 Å². The number of carbonyl (C=O) groups is 1. The zero-order valence-electron chi connectivity index (χ0n) is 15.8. The van der Waals surface area contributed by atoms with Crippen LogP contribution in [-0.2, 0) is 4.74 Å². The van der Waals surface area contributed by atoms with Gasteiger partial charge in [0.15, 0.2) is 5.82 Å². The third kappa shape index (κ3) is 5.16. The highest BCUT2D eigenvalue weighted by Crippen LogP contribution is 2.20. The Labute approximate surface area is 162 Å². The van der Waals surface area contributed by atoms with Crippen molar-refractivity contribution < 1.29 is 14.3 Å². The van der Waals surface area contributed by atoms with E-state index < -0.39 is 0 Å².